The van der Waals surface area contributed by atoms with Crippen molar-refractivity contribution < 1.29 is 167 Å². The van der Waals surface area contributed by atoms with Crippen LogP contribution in [0, 0.1) is 0 Å². The lowest BCUT2D eigenvalue weighted by molar-refractivity contribution is -0.394. The highest BCUT2D eigenvalue weighted by Crippen LogP contribution is 2.42. The first-order valence-electron chi connectivity index (χ1n) is 32.5. The Morgan fingerprint density at radius 2 is 0.680 bits per heavy atom. The number of aliphatic hydroxyl groups is 1. The summed E-state index contributed by atoms with van der Waals surface area (Å²) in [6.07, 6.45) is -42.9. The van der Waals surface area contributed by atoms with Gasteiger partial charge in [0, 0.05) is 90.0 Å². The molecule has 2 aromatic rings. The van der Waals surface area contributed by atoms with Crippen molar-refractivity contribution in [3.8, 4) is 0 Å². The average Bonchev–Trinajstić information content (AvgIpc) is 0.734. The van der Waals surface area contributed by atoms with Crippen molar-refractivity contribution in [2.75, 3.05) is 26.4 Å². The maximum absolute atomic E-state index is 13.8. The van der Waals surface area contributed by atoms with Gasteiger partial charge in [0.1, 0.15) is 62.5 Å². The van der Waals surface area contributed by atoms with E-state index < -0.39 is 246 Å². The number of carbonyl (C=O) groups is 13. The number of benzene rings is 2. The van der Waals surface area contributed by atoms with Gasteiger partial charge in [0.2, 0.25) is 0 Å². The number of esters is 13. The fourth-order valence-corrected chi connectivity index (χ4v) is 16.9. The summed E-state index contributed by atoms with van der Waals surface area (Å²) in [5, 5.41) is 13.0. The minimum absolute atomic E-state index is 0.686. The zero-order valence-corrected chi connectivity index (χ0v) is 60.6. The summed E-state index contributed by atoms with van der Waals surface area (Å²) < 4.78 is 127. The molecular weight excluding hydrogens is 1390 g/mol. The third-order valence-corrected chi connectivity index (χ3v) is 20.8. The predicted molar refractivity (Wildman–Crippen MR) is 340 cm³/mol. The van der Waals surface area contributed by atoms with Crippen molar-refractivity contribution in [1.29, 1.82) is 0 Å². The third kappa shape index (κ3) is 22.7. The van der Waals surface area contributed by atoms with Crippen LogP contribution in [0.15, 0.2) is 60.7 Å². The zero-order valence-electron chi connectivity index (χ0n) is 59.6. The Kier molecular flexibility index (Phi) is 30.1. The molecule has 0 spiro atoms. The second-order valence-corrected chi connectivity index (χ2v) is 29.4. The summed E-state index contributed by atoms with van der Waals surface area (Å²) in [4.78, 5) is 170. The standard InChI is InChI=1S/C67H88O35Si/c1-31(68)82-27-46(86-34(4)71)51-54(88-36(6)73)58(91-39(9)76)62(95-43(13)80)66(101-51)102-55-53(49(96-63(81)59(55)92-40(10)77)30-85-103(67(14,15)16,44-23-19-17-20-24-44)45-25-21-18-22-26-45)100-65-61(94-42(12)79)57(90-38(8)75)52(48(98-65)29-84-33(3)70)99-64-60(93-41(11)78)56(89-37(7)74)50(87-35(5)72)47(97-64)28-83-32(2)69/h17-26,46-66,81H,27-30H2,1-16H3/t46-,47+,48+,49+,50-,51+,52+,53+,54+,55-,56-,57-,58-,59-,60+,61+,62-,63-,64-,65-,66+/m0/s1. The van der Waals surface area contributed by atoms with Crippen LogP contribution in [0.4, 0.5) is 0 Å². The molecule has 0 aliphatic carbocycles. The van der Waals surface area contributed by atoms with Crippen molar-refractivity contribution in [1.82, 2.24) is 0 Å². The van der Waals surface area contributed by atoms with Gasteiger partial charge in [-0.3, -0.25) is 62.3 Å². The molecule has 570 valence electrons. The smallest absolute Gasteiger partial charge is 0.303 e. The van der Waals surface area contributed by atoms with Crippen molar-refractivity contribution in [3.05, 3.63) is 60.7 Å². The molecule has 0 radical (unpaired) electrons. The summed E-state index contributed by atoms with van der Waals surface area (Å²) in [6.45, 7) is 14.9. The van der Waals surface area contributed by atoms with Gasteiger partial charge in [-0.25, -0.2) is 0 Å². The topological polar surface area (TPSA) is 436 Å². The average molecular weight is 1480 g/mol. The Morgan fingerprint density at radius 1 is 0.359 bits per heavy atom. The summed E-state index contributed by atoms with van der Waals surface area (Å²) in [6, 6.07) is 18.1. The van der Waals surface area contributed by atoms with Crippen molar-refractivity contribution in [2.24, 2.45) is 0 Å². The second-order valence-electron chi connectivity index (χ2n) is 25.1. The van der Waals surface area contributed by atoms with Gasteiger partial charge in [-0.2, -0.15) is 0 Å². The third-order valence-electron chi connectivity index (χ3n) is 15.8. The molecule has 2 aromatic carbocycles. The maximum Gasteiger partial charge on any atom is 0.303 e. The number of carbonyl (C=O) groups excluding carboxylic acids is 13. The van der Waals surface area contributed by atoms with Gasteiger partial charge >= 0.3 is 77.6 Å². The Bertz CT molecular complexity index is 3280. The van der Waals surface area contributed by atoms with Crippen LogP contribution in [0.25, 0.3) is 0 Å². The van der Waals surface area contributed by atoms with Crippen LogP contribution < -0.4 is 10.4 Å². The van der Waals surface area contributed by atoms with Crippen molar-refractivity contribution in [3.63, 3.8) is 0 Å². The molecule has 4 saturated heterocycles. The first-order valence-corrected chi connectivity index (χ1v) is 34.4. The van der Waals surface area contributed by atoms with Crippen molar-refractivity contribution in [2.45, 2.75) is 245 Å². The van der Waals surface area contributed by atoms with E-state index in [0.717, 1.165) is 90.0 Å². The monoisotopic (exact) mass is 1480 g/mol. The van der Waals surface area contributed by atoms with Crippen LogP contribution in [0.5, 0.6) is 0 Å². The van der Waals surface area contributed by atoms with E-state index in [-0.39, 0.29) is 0 Å². The van der Waals surface area contributed by atoms with Gasteiger partial charge in [0.25, 0.3) is 8.32 Å². The molecule has 21 atom stereocenters. The van der Waals surface area contributed by atoms with Gasteiger partial charge in [-0.05, 0) is 15.4 Å². The van der Waals surface area contributed by atoms with E-state index >= 15 is 0 Å². The Morgan fingerprint density at radius 3 is 1.07 bits per heavy atom. The molecule has 0 amide bonds. The summed E-state index contributed by atoms with van der Waals surface area (Å²) in [5.74, 6) is -13.7. The molecule has 0 unspecified atom stereocenters. The van der Waals surface area contributed by atoms with Gasteiger partial charge < -0.3 is 104 Å². The number of rotatable bonds is 28. The highest BCUT2D eigenvalue weighted by Gasteiger charge is 2.63. The molecule has 35 nitrogen and oxygen atoms in total. The fraction of sp³-hybridized carbons (Fsp3) is 0.627. The molecule has 6 rings (SSSR count). The van der Waals surface area contributed by atoms with E-state index in [1.165, 1.54) is 0 Å². The van der Waals surface area contributed by atoms with Gasteiger partial charge in [0.05, 0.1) is 6.61 Å². The lowest BCUT2D eigenvalue weighted by Gasteiger charge is -2.52. The molecule has 36 heteroatoms. The first kappa shape index (κ1) is 83.4. The van der Waals surface area contributed by atoms with Gasteiger partial charge in [-0.15, -0.1) is 0 Å². The largest absolute Gasteiger partial charge is 0.463 e. The van der Waals surface area contributed by atoms with Crippen LogP contribution in [0.3, 0.4) is 0 Å². The molecule has 4 heterocycles. The van der Waals surface area contributed by atoms with Crippen LogP contribution in [0.2, 0.25) is 5.04 Å². The minimum atomic E-state index is -3.79. The van der Waals surface area contributed by atoms with Gasteiger partial charge in [0.15, 0.2) is 86.2 Å². The number of aliphatic hydroxyl groups excluding tert-OH is 1. The van der Waals surface area contributed by atoms with E-state index in [9.17, 15) is 67.4 Å². The maximum atomic E-state index is 13.8. The van der Waals surface area contributed by atoms with Crippen molar-refractivity contribution >= 4 is 96.3 Å². The molecule has 1 N–H and O–H groups in total. The zero-order chi connectivity index (χ0) is 76.5. The fourth-order valence-electron chi connectivity index (χ4n) is 12.3. The number of ether oxygens (including phenoxy) is 20. The van der Waals surface area contributed by atoms with E-state index in [4.69, 9.17) is 99.2 Å². The first-order chi connectivity index (χ1) is 48.3. The minimum Gasteiger partial charge on any atom is -0.463 e. The van der Waals surface area contributed by atoms with E-state index in [0.29, 0.717) is 10.4 Å². The summed E-state index contributed by atoms with van der Waals surface area (Å²) >= 11 is 0. The molecule has 103 heavy (non-hydrogen) atoms. The molecule has 4 aliphatic rings. The Hall–Kier alpha value is -8.59. The normalized spacial score (nSPS) is 29.4. The summed E-state index contributed by atoms with van der Waals surface area (Å²) in [7, 11) is -3.79. The lowest BCUT2D eigenvalue weighted by Crippen LogP contribution is -2.71. The lowest BCUT2D eigenvalue weighted by atomic mass is 9.93. The molecular formula is C67H88O35Si. The molecule has 0 saturated carbocycles. The number of hydrogen-bond acceptors (Lipinski definition) is 35. The van der Waals surface area contributed by atoms with Gasteiger partial charge in [-0.1, -0.05) is 81.4 Å². The van der Waals surface area contributed by atoms with E-state index in [1.54, 1.807) is 36.4 Å². The number of hydrogen-bond donors (Lipinski definition) is 1. The quantitative estimate of drug-likeness (QED) is 0.0693. The highest BCUT2D eigenvalue weighted by molar-refractivity contribution is 6.99. The SMILES string of the molecule is CC(=O)OC[C@H](OC(C)=O)[C@H]1O[C@H](O[C@@H]2[C@H](OC(C)=O)[C@@H](O)O[C@H](CO[Si](c3ccccc3)(c3ccccc3)C(C)(C)C)[C@H]2O[C@@H]2O[C@H](COC(C)=O)[C@@H](O[C@@H]3O[C@H](COC(C)=O)[C@H](OC(C)=O)[C@H](OC(C)=O)[C@H]3OC(C)=O)[C@H](OC(C)=O)[C@H]2OC(C)=O)[C@@H](OC(C)=O)[C@@H](OC(C)=O)[C@@H]1OC(C)=O. The molecule has 4 aliphatic heterocycles. The predicted octanol–water partition coefficient (Wildman–Crippen LogP) is 0.617. The van der Waals surface area contributed by atoms with Crippen LogP contribution in [0.1, 0.15) is 111 Å². The summed E-state index contributed by atoms with van der Waals surface area (Å²) in [5.41, 5.74) is 0. The molecule has 4 fully saturated rings. The van der Waals surface area contributed by atoms with Crippen LogP contribution in [-0.2, 0) is 161 Å². The molecule has 0 bridgehead atoms. The van der Waals surface area contributed by atoms with E-state index in [2.05, 4.69) is 0 Å². The van der Waals surface area contributed by atoms with E-state index in [1.807, 2.05) is 45.0 Å². The highest BCUT2D eigenvalue weighted by atomic mass is 28.4. The second kappa shape index (κ2) is 37.2. The van der Waals surface area contributed by atoms with Crippen LogP contribution >= 0.6 is 0 Å². The Labute approximate surface area is 592 Å². The molecule has 0 aromatic heterocycles. The Balaban J connectivity index is 1.68. The van der Waals surface area contributed by atoms with Crippen LogP contribution in [-0.4, -0.2) is 246 Å².